The lowest BCUT2D eigenvalue weighted by Crippen LogP contribution is -2.41. The standard InChI is InChI=1S/C15H15N3O/c1-9(2)16-13-8-7-12-14(15(13)19)18-11-6-4-3-5-10(11)17-12/h3-9,13,16H,1-2H3. The Morgan fingerprint density at radius 1 is 1.16 bits per heavy atom. The van der Waals surface area contributed by atoms with E-state index in [1.165, 1.54) is 0 Å². The minimum Gasteiger partial charge on any atom is -0.302 e. The third kappa shape index (κ3) is 2.15. The maximum absolute atomic E-state index is 12.4. The summed E-state index contributed by atoms with van der Waals surface area (Å²) >= 11 is 0. The third-order valence-electron chi connectivity index (χ3n) is 3.07. The number of nitrogens with one attached hydrogen (secondary N) is 1. The molecule has 0 bridgehead atoms. The molecule has 0 fully saturated rings. The zero-order valence-electron chi connectivity index (χ0n) is 10.9. The Hall–Kier alpha value is -2.07. The monoisotopic (exact) mass is 253 g/mol. The Labute approximate surface area is 111 Å². The van der Waals surface area contributed by atoms with Crippen LogP contribution in [0.5, 0.6) is 0 Å². The maximum Gasteiger partial charge on any atom is 0.204 e. The third-order valence-corrected chi connectivity index (χ3v) is 3.07. The molecule has 96 valence electrons. The van der Waals surface area contributed by atoms with Crippen molar-refractivity contribution in [3.63, 3.8) is 0 Å². The molecule has 0 aliphatic heterocycles. The second-order valence-electron chi connectivity index (χ2n) is 4.97. The normalized spacial score (nSPS) is 18.1. The number of carbonyl (C=O) groups excluding carboxylic acids is 1. The second kappa shape index (κ2) is 4.55. The fourth-order valence-electron chi connectivity index (χ4n) is 2.22. The quantitative estimate of drug-likeness (QED) is 0.891. The van der Waals surface area contributed by atoms with Crippen molar-refractivity contribution in [1.29, 1.82) is 0 Å². The number of hydrogen-bond acceptors (Lipinski definition) is 4. The Bertz CT molecular complexity index is 676. The molecule has 1 aromatic carbocycles. The summed E-state index contributed by atoms with van der Waals surface area (Å²) in [6, 6.07) is 7.53. The summed E-state index contributed by atoms with van der Waals surface area (Å²) in [5.41, 5.74) is 2.69. The summed E-state index contributed by atoms with van der Waals surface area (Å²) in [5.74, 6) is -0.00977. The molecule has 3 rings (SSSR count). The molecule has 1 unspecified atom stereocenters. The van der Waals surface area contributed by atoms with E-state index in [0.29, 0.717) is 11.4 Å². The van der Waals surface area contributed by atoms with Crippen molar-refractivity contribution in [2.75, 3.05) is 0 Å². The largest absolute Gasteiger partial charge is 0.302 e. The summed E-state index contributed by atoms with van der Waals surface area (Å²) in [7, 11) is 0. The van der Waals surface area contributed by atoms with E-state index < -0.39 is 0 Å². The van der Waals surface area contributed by atoms with Crippen LogP contribution in [0, 0.1) is 0 Å². The van der Waals surface area contributed by atoms with E-state index in [1.807, 2.05) is 50.3 Å². The molecule has 1 atom stereocenters. The van der Waals surface area contributed by atoms with Gasteiger partial charge in [-0.05, 0) is 32.1 Å². The first kappa shape index (κ1) is 12.0. The number of Topliss-reactive ketones (excluding diaryl/α,β-unsaturated/α-hetero) is 1. The van der Waals surface area contributed by atoms with Gasteiger partial charge in [-0.2, -0.15) is 0 Å². The van der Waals surface area contributed by atoms with Gasteiger partial charge in [-0.25, -0.2) is 9.97 Å². The van der Waals surface area contributed by atoms with E-state index in [-0.39, 0.29) is 17.9 Å². The number of para-hydroxylation sites is 2. The Morgan fingerprint density at radius 3 is 2.53 bits per heavy atom. The zero-order chi connectivity index (χ0) is 13.4. The summed E-state index contributed by atoms with van der Waals surface area (Å²) in [6.45, 7) is 4.03. The highest BCUT2D eigenvalue weighted by Crippen LogP contribution is 2.19. The number of benzene rings is 1. The first-order chi connectivity index (χ1) is 9.15. The van der Waals surface area contributed by atoms with Crippen molar-refractivity contribution >= 4 is 22.9 Å². The van der Waals surface area contributed by atoms with Crippen molar-refractivity contribution < 1.29 is 4.79 Å². The van der Waals surface area contributed by atoms with E-state index in [0.717, 1.165) is 11.0 Å². The van der Waals surface area contributed by atoms with Crippen LogP contribution in [-0.4, -0.2) is 27.8 Å². The van der Waals surface area contributed by atoms with E-state index >= 15 is 0 Å². The molecule has 0 saturated carbocycles. The van der Waals surface area contributed by atoms with Gasteiger partial charge in [0, 0.05) is 6.04 Å². The predicted molar refractivity (Wildman–Crippen MR) is 75.0 cm³/mol. The lowest BCUT2D eigenvalue weighted by Gasteiger charge is -2.20. The van der Waals surface area contributed by atoms with Gasteiger partial charge in [0.15, 0.2) is 0 Å². The van der Waals surface area contributed by atoms with Crippen LogP contribution in [0.3, 0.4) is 0 Å². The molecule has 1 aliphatic rings. The number of nitrogens with zero attached hydrogens (tertiary/aromatic N) is 2. The van der Waals surface area contributed by atoms with E-state index in [2.05, 4.69) is 15.3 Å². The molecule has 1 N–H and O–H groups in total. The number of aromatic nitrogens is 2. The minimum atomic E-state index is -0.303. The van der Waals surface area contributed by atoms with E-state index in [4.69, 9.17) is 0 Å². The van der Waals surface area contributed by atoms with Crippen LogP contribution in [0.25, 0.3) is 17.1 Å². The van der Waals surface area contributed by atoms with Crippen molar-refractivity contribution in [3.05, 3.63) is 41.7 Å². The Kier molecular flexibility index (Phi) is 2.87. The van der Waals surface area contributed by atoms with Gasteiger partial charge in [0.1, 0.15) is 5.69 Å². The van der Waals surface area contributed by atoms with Gasteiger partial charge in [0.25, 0.3) is 0 Å². The number of rotatable bonds is 2. The lowest BCUT2D eigenvalue weighted by molar-refractivity contribution is 0.0952. The second-order valence-corrected chi connectivity index (χ2v) is 4.97. The molecule has 0 spiro atoms. The van der Waals surface area contributed by atoms with Gasteiger partial charge < -0.3 is 5.32 Å². The van der Waals surface area contributed by atoms with Crippen LogP contribution in [0.15, 0.2) is 30.3 Å². The van der Waals surface area contributed by atoms with Crippen LogP contribution in [0.2, 0.25) is 0 Å². The van der Waals surface area contributed by atoms with Gasteiger partial charge in [-0.3, -0.25) is 4.79 Å². The molecule has 1 aliphatic carbocycles. The van der Waals surface area contributed by atoms with Gasteiger partial charge in [-0.1, -0.05) is 18.2 Å². The van der Waals surface area contributed by atoms with Crippen molar-refractivity contribution in [2.45, 2.75) is 25.9 Å². The average Bonchev–Trinajstić information content (AvgIpc) is 2.40. The molecule has 2 aromatic rings. The van der Waals surface area contributed by atoms with Gasteiger partial charge >= 0.3 is 0 Å². The SMILES string of the molecule is CC(C)NC1C=Cc2nc3ccccc3nc2C1=O. The predicted octanol–water partition coefficient (Wildman–Crippen LogP) is 2.21. The average molecular weight is 253 g/mol. The molecule has 4 nitrogen and oxygen atoms in total. The molecule has 1 aromatic heterocycles. The van der Waals surface area contributed by atoms with Crippen LogP contribution in [-0.2, 0) is 0 Å². The fourth-order valence-corrected chi connectivity index (χ4v) is 2.22. The van der Waals surface area contributed by atoms with Gasteiger partial charge in [0.05, 0.1) is 22.8 Å². The van der Waals surface area contributed by atoms with Gasteiger partial charge in [-0.15, -0.1) is 0 Å². The van der Waals surface area contributed by atoms with Crippen LogP contribution >= 0.6 is 0 Å². The molecular formula is C15H15N3O. The zero-order valence-corrected chi connectivity index (χ0v) is 10.9. The number of ketones is 1. The Balaban J connectivity index is 2.08. The molecule has 1 heterocycles. The summed E-state index contributed by atoms with van der Waals surface area (Å²) < 4.78 is 0. The minimum absolute atomic E-state index is 0.00977. The first-order valence-electron chi connectivity index (χ1n) is 6.40. The molecule has 0 radical (unpaired) electrons. The van der Waals surface area contributed by atoms with Crippen LogP contribution < -0.4 is 5.32 Å². The van der Waals surface area contributed by atoms with Crippen molar-refractivity contribution in [1.82, 2.24) is 15.3 Å². The topological polar surface area (TPSA) is 54.9 Å². The van der Waals surface area contributed by atoms with Crippen molar-refractivity contribution in [3.8, 4) is 0 Å². The van der Waals surface area contributed by atoms with E-state index in [9.17, 15) is 4.79 Å². The Morgan fingerprint density at radius 2 is 1.84 bits per heavy atom. The van der Waals surface area contributed by atoms with Crippen LogP contribution in [0.1, 0.15) is 30.0 Å². The summed E-state index contributed by atoms with van der Waals surface area (Å²) in [6.07, 6.45) is 3.73. The summed E-state index contributed by atoms with van der Waals surface area (Å²) in [4.78, 5) is 21.3. The highest BCUT2D eigenvalue weighted by Gasteiger charge is 2.26. The molecule has 4 heteroatoms. The number of fused-ring (bicyclic) bond motifs is 2. The molecular weight excluding hydrogens is 238 g/mol. The summed E-state index contributed by atoms with van der Waals surface area (Å²) in [5, 5.41) is 3.22. The van der Waals surface area contributed by atoms with Crippen molar-refractivity contribution in [2.24, 2.45) is 0 Å². The highest BCUT2D eigenvalue weighted by molar-refractivity contribution is 6.05. The maximum atomic E-state index is 12.4. The molecule has 19 heavy (non-hydrogen) atoms. The molecule has 0 saturated heterocycles. The smallest absolute Gasteiger partial charge is 0.204 e. The first-order valence-corrected chi connectivity index (χ1v) is 6.40. The van der Waals surface area contributed by atoms with E-state index in [1.54, 1.807) is 0 Å². The highest BCUT2D eigenvalue weighted by atomic mass is 16.1. The number of carbonyl (C=O) groups is 1. The number of hydrogen-bond donors (Lipinski definition) is 1. The van der Waals surface area contributed by atoms with Gasteiger partial charge in [0.2, 0.25) is 5.78 Å². The van der Waals surface area contributed by atoms with Crippen LogP contribution in [0.4, 0.5) is 0 Å². The fraction of sp³-hybridized carbons (Fsp3) is 0.267. The molecule has 0 amide bonds. The lowest BCUT2D eigenvalue weighted by atomic mass is 10.00.